The van der Waals surface area contributed by atoms with Crippen LogP contribution < -0.4 is 5.32 Å². The number of carboxylic acid groups (broad SMARTS) is 1. The van der Waals surface area contributed by atoms with E-state index in [-0.39, 0.29) is 12.5 Å². The summed E-state index contributed by atoms with van der Waals surface area (Å²) in [6.45, 7) is 4.45. The van der Waals surface area contributed by atoms with Crippen molar-refractivity contribution in [3.8, 4) is 0 Å². The zero-order valence-electron chi connectivity index (χ0n) is 13.3. The molecule has 1 amide bonds. The van der Waals surface area contributed by atoms with Gasteiger partial charge in [0.25, 0.3) is 0 Å². The normalized spacial score (nSPS) is 11.9. The van der Waals surface area contributed by atoms with Gasteiger partial charge in [-0.3, -0.25) is 9.59 Å². The molecule has 5 nitrogen and oxygen atoms in total. The number of nitrogens with one attached hydrogen (secondary N) is 1. The van der Waals surface area contributed by atoms with Crippen LogP contribution in [0.1, 0.15) is 38.7 Å². The Morgan fingerprint density at radius 1 is 1.23 bits per heavy atom. The highest BCUT2D eigenvalue weighted by Gasteiger charge is 2.11. The molecule has 5 heteroatoms. The number of anilines is 1. The van der Waals surface area contributed by atoms with E-state index in [0.717, 1.165) is 24.8 Å². The second-order valence-corrected chi connectivity index (χ2v) is 5.45. The van der Waals surface area contributed by atoms with Crippen molar-refractivity contribution in [1.29, 1.82) is 0 Å². The van der Waals surface area contributed by atoms with E-state index in [1.807, 2.05) is 12.1 Å². The van der Waals surface area contributed by atoms with Crippen LogP contribution in [-0.2, 0) is 20.7 Å². The molecular formula is C17H25NO4. The molecule has 22 heavy (non-hydrogen) atoms. The van der Waals surface area contributed by atoms with Crippen molar-refractivity contribution in [3.05, 3.63) is 29.8 Å². The lowest BCUT2D eigenvalue weighted by atomic mass is 10.0. The molecule has 0 saturated heterocycles. The Hall–Kier alpha value is -1.88. The lowest BCUT2D eigenvalue weighted by Gasteiger charge is -2.09. The Morgan fingerprint density at radius 2 is 1.91 bits per heavy atom. The van der Waals surface area contributed by atoms with Crippen molar-refractivity contribution >= 4 is 17.6 Å². The van der Waals surface area contributed by atoms with Crippen LogP contribution in [0.3, 0.4) is 0 Å². The van der Waals surface area contributed by atoms with E-state index in [1.54, 1.807) is 19.1 Å². The maximum Gasteiger partial charge on any atom is 0.306 e. The van der Waals surface area contributed by atoms with Gasteiger partial charge in [-0.05, 0) is 30.5 Å². The topological polar surface area (TPSA) is 75.6 Å². The summed E-state index contributed by atoms with van der Waals surface area (Å²) in [4.78, 5) is 22.5. The fourth-order valence-electron chi connectivity index (χ4n) is 1.98. The van der Waals surface area contributed by atoms with E-state index in [4.69, 9.17) is 9.84 Å². The summed E-state index contributed by atoms with van der Waals surface area (Å²) >= 11 is 0. The largest absolute Gasteiger partial charge is 0.481 e. The molecule has 0 spiro atoms. The third-order valence-corrected chi connectivity index (χ3v) is 3.33. The van der Waals surface area contributed by atoms with E-state index in [9.17, 15) is 9.59 Å². The number of carboxylic acids is 1. The van der Waals surface area contributed by atoms with Crippen LogP contribution in [0, 0.1) is 5.92 Å². The average molecular weight is 307 g/mol. The first-order valence-electron chi connectivity index (χ1n) is 7.72. The summed E-state index contributed by atoms with van der Waals surface area (Å²) in [5, 5.41) is 11.6. The van der Waals surface area contributed by atoms with Gasteiger partial charge in [-0.1, -0.05) is 38.8 Å². The third-order valence-electron chi connectivity index (χ3n) is 3.33. The Labute approximate surface area is 131 Å². The predicted molar refractivity (Wildman–Crippen MR) is 85.9 cm³/mol. The molecule has 1 unspecified atom stereocenters. The van der Waals surface area contributed by atoms with E-state index in [2.05, 4.69) is 12.2 Å². The van der Waals surface area contributed by atoms with Gasteiger partial charge in [0, 0.05) is 12.3 Å². The van der Waals surface area contributed by atoms with Crippen LogP contribution in [0.4, 0.5) is 5.69 Å². The number of amides is 1. The van der Waals surface area contributed by atoms with Crippen LogP contribution in [0.15, 0.2) is 24.3 Å². The van der Waals surface area contributed by atoms with Crippen molar-refractivity contribution in [3.63, 3.8) is 0 Å². The molecule has 0 aromatic heterocycles. The van der Waals surface area contributed by atoms with E-state index < -0.39 is 11.9 Å². The van der Waals surface area contributed by atoms with Crippen molar-refractivity contribution < 1.29 is 19.4 Å². The maximum atomic E-state index is 11.7. The Bertz CT molecular complexity index is 470. The van der Waals surface area contributed by atoms with Crippen LogP contribution in [0.2, 0.25) is 0 Å². The van der Waals surface area contributed by atoms with E-state index >= 15 is 0 Å². The lowest BCUT2D eigenvalue weighted by Crippen LogP contribution is -2.18. The fraction of sp³-hybridized carbons (Fsp3) is 0.529. The molecule has 122 valence electrons. The second-order valence-electron chi connectivity index (χ2n) is 5.45. The van der Waals surface area contributed by atoms with Crippen molar-refractivity contribution in [2.75, 3.05) is 18.5 Å². The number of carbonyl (C=O) groups excluding carboxylic acids is 1. The molecular weight excluding hydrogens is 282 g/mol. The fourth-order valence-corrected chi connectivity index (χ4v) is 1.98. The smallest absolute Gasteiger partial charge is 0.306 e. The first-order chi connectivity index (χ1) is 10.5. The van der Waals surface area contributed by atoms with Crippen molar-refractivity contribution in [2.45, 2.75) is 39.5 Å². The van der Waals surface area contributed by atoms with Gasteiger partial charge >= 0.3 is 5.97 Å². The average Bonchev–Trinajstić information content (AvgIpc) is 2.49. The Balaban J connectivity index is 2.34. The molecule has 0 aliphatic rings. The molecule has 0 aliphatic carbocycles. The molecule has 0 bridgehead atoms. The van der Waals surface area contributed by atoms with E-state index in [0.29, 0.717) is 18.7 Å². The number of ether oxygens (including phenoxy) is 1. The zero-order chi connectivity index (χ0) is 16.4. The summed E-state index contributed by atoms with van der Waals surface area (Å²) in [6.07, 6.45) is 3.69. The minimum Gasteiger partial charge on any atom is -0.481 e. The predicted octanol–water partition coefficient (Wildman–Crippen LogP) is 3.10. The summed E-state index contributed by atoms with van der Waals surface area (Å²) in [6, 6.07) is 7.21. The van der Waals surface area contributed by atoms with Gasteiger partial charge in [-0.15, -0.1) is 0 Å². The van der Waals surface area contributed by atoms with Gasteiger partial charge in [0.2, 0.25) is 5.91 Å². The number of hydrogen-bond donors (Lipinski definition) is 2. The summed E-state index contributed by atoms with van der Waals surface area (Å²) in [7, 11) is 0. The Kier molecular flexibility index (Phi) is 8.22. The van der Waals surface area contributed by atoms with Gasteiger partial charge in [-0.2, -0.15) is 0 Å². The number of aliphatic carboxylic acids is 1. The zero-order valence-corrected chi connectivity index (χ0v) is 13.3. The number of unbranched alkanes of at least 4 members (excludes halogenated alkanes) is 2. The summed E-state index contributed by atoms with van der Waals surface area (Å²) in [5.74, 6) is -1.40. The van der Waals surface area contributed by atoms with Gasteiger partial charge < -0.3 is 15.2 Å². The lowest BCUT2D eigenvalue weighted by molar-refractivity contribution is -0.141. The van der Waals surface area contributed by atoms with Crippen LogP contribution >= 0.6 is 0 Å². The molecule has 2 N–H and O–H groups in total. The third kappa shape index (κ3) is 7.22. The second kappa shape index (κ2) is 9.95. The van der Waals surface area contributed by atoms with Gasteiger partial charge in [0.1, 0.15) is 6.61 Å². The standard InChI is InChI=1S/C17H25NO4/c1-3-4-5-10-22-12-16(19)18-15-8-6-14(7-9-15)11-13(2)17(20)21/h6-9,13H,3-5,10-12H2,1-2H3,(H,18,19)(H,20,21). The van der Waals surface area contributed by atoms with Crippen LogP contribution in [0.25, 0.3) is 0 Å². The highest BCUT2D eigenvalue weighted by Crippen LogP contribution is 2.13. The maximum absolute atomic E-state index is 11.7. The van der Waals surface area contributed by atoms with E-state index in [1.165, 1.54) is 0 Å². The van der Waals surface area contributed by atoms with Gasteiger partial charge in [0.15, 0.2) is 0 Å². The monoisotopic (exact) mass is 307 g/mol. The molecule has 1 atom stereocenters. The SMILES string of the molecule is CCCCCOCC(=O)Nc1ccc(CC(C)C(=O)O)cc1. The molecule has 0 saturated carbocycles. The number of hydrogen-bond acceptors (Lipinski definition) is 3. The molecule has 0 aliphatic heterocycles. The minimum absolute atomic E-state index is 0.0571. The van der Waals surface area contributed by atoms with Crippen LogP contribution in [-0.4, -0.2) is 30.2 Å². The van der Waals surface area contributed by atoms with Gasteiger partial charge in [-0.25, -0.2) is 0 Å². The summed E-state index contributed by atoms with van der Waals surface area (Å²) < 4.78 is 5.30. The number of benzene rings is 1. The molecule has 1 aromatic carbocycles. The highest BCUT2D eigenvalue weighted by molar-refractivity contribution is 5.91. The molecule has 1 aromatic rings. The Morgan fingerprint density at radius 3 is 2.50 bits per heavy atom. The molecule has 0 fully saturated rings. The minimum atomic E-state index is -0.808. The molecule has 0 radical (unpaired) electrons. The molecule has 0 heterocycles. The van der Waals surface area contributed by atoms with Crippen molar-refractivity contribution in [1.82, 2.24) is 0 Å². The molecule has 1 rings (SSSR count). The number of carbonyl (C=O) groups is 2. The first kappa shape index (κ1) is 18.2. The number of rotatable bonds is 10. The van der Waals surface area contributed by atoms with Crippen molar-refractivity contribution in [2.24, 2.45) is 5.92 Å². The summed E-state index contributed by atoms with van der Waals surface area (Å²) in [5.41, 5.74) is 1.62. The van der Waals surface area contributed by atoms with Gasteiger partial charge in [0.05, 0.1) is 5.92 Å². The quantitative estimate of drug-likeness (QED) is 0.651. The van der Waals surface area contributed by atoms with Crippen LogP contribution in [0.5, 0.6) is 0 Å². The highest BCUT2D eigenvalue weighted by atomic mass is 16.5. The first-order valence-corrected chi connectivity index (χ1v) is 7.72.